The van der Waals surface area contributed by atoms with Crippen LogP contribution in [0.15, 0.2) is 30.5 Å². The highest BCUT2D eigenvalue weighted by molar-refractivity contribution is 6.32. The van der Waals surface area contributed by atoms with Gasteiger partial charge in [0, 0.05) is 37.9 Å². The Balaban J connectivity index is 1.63. The first kappa shape index (κ1) is 16.9. The number of likely N-dealkylation sites (N-methyl/N-ethyl adjacent to an activating group) is 1. The molecule has 1 aliphatic heterocycles. The molecule has 0 saturated carbocycles. The van der Waals surface area contributed by atoms with E-state index in [1.165, 1.54) is 12.1 Å². The second-order valence-electron chi connectivity index (χ2n) is 5.82. The number of rotatable bonds is 5. The molecule has 24 heavy (non-hydrogen) atoms. The Kier molecular flexibility index (Phi) is 5.44. The predicted molar refractivity (Wildman–Crippen MR) is 94.5 cm³/mol. The molecule has 0 spiro atoms. The molecule has 0 amide bonds. The van der Waals surface area contributed by atoms with E-state index in [1.807, 2.05) is 0 Å². The molecule has 128 valence electrons. The first-order valence-corrected chi connectivity index (χ1v) is 8.19. The summed E-state index contributed by atoms with van der Waals surface area (Å²) in [5.74, 6) is 0.690. The minimum Gasteiger partial charge on any atom is -0.353 e. The van der Waals surface area contributed by atoms with Crippen molar-refractivity contribution in [3.8, 4) is 0 Å². The van der Waals surface area contributed by atoms with Crippen LogP contribution in [-0.2, 0) is 0 Å². The molecule has 1 aromatic heterocycles. The van der Waals surface area contributed by atoms with Crippen LogP contribution in [0.25, 0.3) is 0 Å². The quantitative estimate of drug-likeness (QED) is 0.769. The smallest absolute Gasteiger partial charge is 0.224 e. The predicted octanol–water partition coefficient (Wildman–Crippen LogP) is 2.33. The van der Waals surface area contributed by atoms with Crippen molar-refractivity contribution in [3.63, 3.8) is 0 Å². The number of benzene rings is 1. The van der Waals surface area contributed by atoms with Crippen LogP contribution in [0.1, 0.15) is 0 Å². The van der Waals surface area contributed by atoms with E-state index < -0.39 is 0 Å². The van der Waals surface area contributed by atoms with E-state index in [0.717, 1.165) is 26.2 Å². The lowest BCUT2D eigenvalue weighted by atomic mass is 10.2. The molecule has 1 aliphatic rings. The zero-order valence-corrected chi connectivity index (χ0v) is 14.1. The minimum absolute atomic E-state index is 0.290. The van der Waals surface area contributed by atoms with Crippen LogP contribution < -0.4 is 16.0 Å². The highest BCUT2D eigenvalue weighted by Crippen LogP contribution is 2.23. The van der Waals surface area contributed by atoms with Crippen molar-refractivity contribution in [2.24, 2.45) is 0 Å². The molecule has 6 nitrogen and oxygen atoms in total. The summed E-state index contributed by atoms with van der Waals surface area (Å²) < 4.78 is 13.0. The van der Waals surface area contributed by atoms with Gasteiger partial charge in [-0.1, -0.05) is 11.6 Å². The van der Waals surface area contributed by atoms with Crippen LogP contribution in [-0.4, -0.2) is 54.1 Å². The van der Waals surface area contributed by atoms with Crippen LogP contribution in [0.5, 0.6) is 0 Å². The van der Waals surface area contributed by atoms with Gasteiger partial charge in [-0.05, 0) is 31.3 Å². The fraction of sp³-hybridized carbons (Fsp3) is 0.375. The number of hydrogen-bond donors (Lipinski definition) is 3. The van der Waals surface area contributed by atoms with Gasteiger partial charge in [-0.3, -0.25) is 0 Å². The van der Waals surface area contributed by atoms with Crippen molar-refractivity contribution >= 4 is 29.1 Å². The van der Waals surface area contributed by atoms with E-state index >= 15 is 0 Å². The number of aromatic nitrogens is 2. The number of hydrogen-bond acceptors (Lipinski definition) is 6. The lowest BCUT2D eigenvalue weighted by Gasteiger charge is -2.30. The number of anilines is 3. The van der Waals surface area contributed by atoms with Crippen molar-refractivity contribution in [2.45, 2.75) is 6.04 Å². The van der Waals surface area contributed by atoms with Gasteiger partial charge in [-0.15, -0.1) is 0 Å². The largest absolute Gasteiger partial charge is 0.353 e. The molecule has 1 saturated heterocycles. The SMILES string of the molecule is CN1CCNC(CNc2ncc(Cl)c(Nc3ccc(F)cc3)n2)C1. The van der Waals surface area contributed by atoms with Gasteiger partial charge in [0.25, 0.3) is 0 Å². The Morgan fingerprint density at radius 3 is 2.92 bits per heavy atom. The molecule has 8 heteroatoms. The summed E-state index contributed by atoms with van der Waals surface area (Å²) in [6.45, 7) is 3.73. The zero-order chi connectivity index (χ0) is 16.9. The second-order valence-corrected chi connectivity index (χ2v) is 6.22. The first-order valence-electron chi connectivity index (χ1n) is 7.81. The maximum atomic E-state index is 13.0. The fourth-order valence-electron chi connectivity index (χ4n) is 2.55. The van der Waals surface area contributed by atoms with Crippen molar-refractivity contribution < 1.29 is 4.39 Å². The van der Waals surface area contributed by atoms with E-state index in [-0.39, 0.29) is 5.82 Å². The summed E-state index contributed by atoms with van der Waals surface area (Å²) in [5.41, 5.74) is 0.707. The molecule has 2 aromatic rings. The van der Waals surface area contributed by atoms with E-state index in [0.29, 0.717) is 28.5 Å². The maximum Gasteiger partial charge on any atom is 0.224 e. The molecule has 3 N–H and O–H groups in total. The topological polar surface area (TPSA) is 65.1 Å². The van der Waals surface area contributed by atoms with Crippen molar-refractivity contribution in [3.05, 3.63) is 41.3 Å². The van der Waals surface area contributed by atoms with Gasteiger partial charge in [0.05, 0.1) is 6.20 Å². The van der Waals surface area contributed by atoms with Crippen LogP contribution in [0.4, 0.5) is 21.8 Å². The summed E-state index contributed by atoms with van der Waals surface area (Å²) in [6, 6.07) is 6.35. The maximum absolute atomic E-state index is 13.0. The van der Waals surface area contributed by atoms with Gasteiger partial charge in [0.1, 0.15) is 10.8 Å². The van der Waals surface area contributed by atoms with Gasteiger partial charge >= 0.3 is 0 Å². The molecular weight excluding hydrogens is 331 g/mol. The Hall–Kier alpha value is -1.96. The van der Waals surface area contributed by atoms with E-state index in [1.54, 1.807) is 18.3 Å². The lowest BCUT2D eigenvalue weighted by molar-refractivity contribution is 0.244. The zero-order valence-electron chi connectivity index (χ0n) is 13.4. The standard InChI is InChI=1S/C16H20ClFN6/c1-24-7-6-19-13(10-24)8-20-16-21-9-14(17)15(23-16)22-12-4-2-11(18)3-5-12/h2-5,9,13,19H,6-8,10H2,1H3,(H2,20,21,22,23). The van der Waals surface area contributed by atoms with Crippen LogP contribution >= 0.6 is 11.6 Å². The molecular formula is C16H20ClFN6. The molecule has 0 aliphatic carbocycles. The summed E-state index contributed by atoms with van der Waals surface area (Å²) in [5, 5.41) is 10.2. The normalized spacial score (nSPS) is 18.4. The molecule has 3 rings (SSSR count). The summed E-state index contributed by atoms with van der Waals surface area (Å²) in [6.07, 6.45) is 1.54. The number of nitrogens with one attached hydrogen (secondary N) is 3. The number of piperazine rings is 1. The average Bonchev–Trinajstić information content (AvgIpc) is 2.58. The summed E-state index contributed by atoms with van der Waals surface area (Å²) in [4.78, 5) is 10.9. The Morgan fingerprint density at radius 2 is 2.17 bits per heavy atom. The molecule has 1 aromatic carbocycles. The van der Waals surface area contributed by atoms with Crippen molar-refractivity contribution in [1.82, 2.24) is 20.2 Å². The lowest BCUT2D eigenvalue weighted by Crippen LogP contribution is -2.51. The third-order valence-electron chi connectivity index (χ3n) is 3.82. The third kappa shape index (κ3) is 4.53. The van der Waals surface area contributed by atoms with E-state index in [2.05, 4.69) is 37.9 Å². The molecule has 1 unspecified atom stereocenters. The van der Waals surface area contributed by atoms with Gasteiger partial charge in [-0.2, -0.15) is 4.98 Å². The van der Waals surface area contributed by atoms with Crippen molar-refractivity contribution in [1.29, 1.82) is 0 Å². The molecule has 1 fully saturated rings. The van der Waals surface area contributed by atoms with Gasteiger partial charge in [-0.25, -0.2) is 9.37 Å². The number of halogens is 2. The Labute approximate surface area is 145 Å². The fourth-order valence-corrected chi connectivity index (χ4v) is 2.69. The minimum atomic E-state index is -0.290. The van der Waals surface area contributed by atoms with E-state index in [4.69, 9.17) is 11.6 Å². The van der Waals surface area contributed by atoms with Crippen LogP contribution in [0.3, 0.4) is 0 Å². The highest BCUT2D eigenvalue weighted by atomic mass is 35.5. The molecule has 1 atom stereocenters. The summed E-state index contributed by atoms with van der Waals surface area (Å²) in [7, 11) is 2.11. The Morgan fingerprint density at radius 1 is 1.38 bits per heavy atom. The van der Waals surface area contributed by atoms with Gasteiger partial charge in [0.15, 0.2) is 5.82 Å². The molecule has 2 heterocycles. The molecule has 0 bridgehead atoms. The third-order valence-corrected chi connectivity index (χ3v) is 4.09. The van der Waals surface area contributed by atoms with Crippen LogP contribution in [0.2, 0.25) is 5.02 Å². The van der Waals surface area contributed by atoms with Crippen LogP contribution in [0, 0.1) is 5.82 Å². The van der Waals surface area contributed by atoms with Crippen molar-refractivity contribution in [2.75, 3.05) is 43.9 Å². The first-order chi connectivity index (χ1) is 11.6. The highest BCUT2D eigenvalue weighted by Gasteiger charge is 2.16. The molecule has 0 radical (unpaired) electrons. The van der Waals surface area contributed by atoms with E-state index in [9.17, 15) is 4.39 Å². The Bertz CT molecular complexity index is 681. The van der Waals surface area contributed by atoms with Gasteiger partial charge in [0.2, 0.25) is 5.95 Å². The summed E-state index contributed by atoms with van der Waals surface area (Å²) >= 11 is 6.14. The second kappa shape index (κ2) is 7.74. The monoisotopic (exact) mass is 350 g/mol. The average molecular weight is 351 g/mol. The van der Waals surface area contributed by atoms with Gasteiger partial charge < -0.3 is 20.9 Å². The number of nitrogens with zero attached hydrogens (tertiary/aromatic N) is 3.